The van der Waals surface area contributed by atoms with Crippen LogP contribution in [0, 0.1) is 5.41 Å². The fraction of sp³-hybridized carbons (Fsp3) is 0.571. The molecule has 0 bridgehead atoms. The van der Waals surface area contributed by atoms with Gasteiger partial charge in [0, 0.05) is 30.5 Å². The molecule has 0 saturated heterocycles. The Hall–Kier alpha value is -0.730. The van der Waals surface area contributed by atoms with Crippen LogP contribution in [0.2, 0.25) is 0 Å². The molecule has 1 fully saturated rings. The predicted octanol–water partition coefficient (Wildman–Crippen LogP) is 2.77. The minimum absolute atomic E-state index is 0.403. The Labute approximate surface area is 107 Å². The van der Waals surface area contributed by atoms with E-state index in [1.807, 2.05) is 6.07 Å². The average molecular weight is 252 g/mol. The van der Waals surface area contributed by atoms with Crippen LogP contribution < -0.4 is 10.1 Å². The second kappa shape index (κ2) is 4.51. The van der Waals surface area contributed by atoms with Crippen molar-refractivity contribution in [2.45, 2.75) is 18.8 Å². The molecule has 3 rings (SSSR count). The highest BCUT2D eigenvalue weighted by atomic mass is 35.5. The summed E-state index contributed by atoms with van der Waals surface area (Å²) in [6.07, 6.45) is 2.56. The molecule has 2 nitrogen and oxygen atoms in total. The molecular weight excluding hydrogens is 234 g/mol. The molecular formula is C14H18ClNO. The second-order valence-electron chi connectivity index (χ2n) is 5.31. The molecule has 0 spiro atoms. The zero-order chi connectivity index (χ0) is 11.7. The first-order valence-corrected chi connectivity index (χ1v) is 6.85. The van der Waals surface area contributed by atoms with Gasteiger partial charge in [0.1, 0.15) is 5.75 Å². The zero-order valence-electron chi connectivity index (χ0n) is 9.92. The van der Waals surface area contributed by atoms with E-state index in [2.05, 4.69) is 23.5 Å². The first-order chi connectivity index (χ1) is 8.33. The molecule has 2 aliphatic rings. The molecule has 0 amide bonds. The third kappa shape index (κ3) is 2.29. The Balaban J connectivity index is 1.54. The second-order valence-corrected chi connectivity index (χ2v) is 5.58. The Morgan fingerprint density at radius 1 is 1.35 bits per heavy atom. The highest BCUT2D eigenvalue weighted by Gasteiger charge is 2.41. The number of halogens is 1. The van der Waals surface area contributed by atoms with Gasteiger partial charge >= 0.3 is 0 Å². The van der Waals surface area contributed by atoms with E-state index >= 15 is 0 Å². The van der Waals surface area contributed by atoms with Gasteiger partial charge in [0.2, 0.25) is 0 Å². The average Bonchev–Trinajstić information content (AvgIpc) is 3.04. The predicted molar refractivity (Wildman–Crippen MR) is 69.9 cm³/mol. The van der Waals surface area contributed by atoms with Gasteiger partial charge in [0.15, 0.2) is 0 Å². The van der Waals surface area contributed by atoms with E-state index in [0.717, 1.165) is 31.3 Å². The Morgan fingerprint density at radius 2 is 2.18 bits per heavy atom. The summed E-state index contributed by atoms with van der Waals surface area (Å²) in [6, 6.07) is 8.34. The summed E-state index contributed by atoms with van der Waals surface area (Å²) in [5, 5.41) is 3.56. The standard InChI is InChI=1S/C14H18ClNO/c15-9-14(5-6-14)10-16-7-11-8-17-13-4-2-1-3-12(11)13/h1-4,11,16H,5-10H2. The van der Waals surface area contributed by atoms with Gasteiger partial charge in [-0.3, -0.25) is 0 Å². The molecule has 1 heterocycles. The molecule has 1 aliphatic carbocycles. The van der Waals surface area contributed by atoms with Gasteiger partial charge in [0.25, 0.3) is 0 Å². The van der Waals surface area contributed by atoms with Crippen LogP contribution in [0.4, 0.5) is 0 Å². The molecule has 1 saturated carbocycles. The number of ether oxygens (including phenoxy) is 1. The summed E-state index contributed by atoms with van der Waals surface area (Å²) in [4.78, 5) is 0. The smallest absolute Gasteiger partial charge is 0.122 e. The van der Waals surface area contributed by atoms with E-state index in [-0.39, 0.29) is 0 Å². The van der Waals surface area contributed by atoms with Crippen LogP contribution in [0.25, 0.3) is 0 Å². The molecule has 1 aromatic carbocycles. The van der Waals surface area contributed by atoms with Crippen molar-refractivity contribution in [1.29, 1.82) is 0 Å². The zero-order valence-corrected chi connectivity index (χ0v) is 10.7. The lowest BCUT2D eigenvalue weighted by Gasteiger charge is -2.15. The molecule has 17 heavy (non-hydrogen) atoms. The number of nitrogens with one attached hydrogen (secondary N) is 1. The maximum absolute atomic E-state index is 5.97. The van der Waals surface area contributed by atoms with Crippen LogP contribution in [0.3, 0.4) is 0 Å². The van der Waals surface area contributed by atoms with Crippen molar-refractivity contribution >= 4 is 11.6 Å². The van der Waals surface area contributed by atoms with E-state index in [1.54, 1.807) is 0 Å². The van der Waals surface area contributed by atoms with Gasteiger partial charge in [-0.05, 0) is 24.3 Å². The Bertz CT molecular complexity index is 403. The highest BCUT2D eigenvalue weighted by molar-refractivity contribution is 6.18. The number of hydrogen-bond donors (Lipinski definition) is 1. The molecule has 1 unspecified atom stereocenters. The maximum Gasteiger partial charge on any atom is 0.122 e. The topological polar surface area (TPSA) is 21.3 Å². The lowest BCUT2D eigenvalue weighted by atomic mass is 10.0. The molecule has 0 radical (unpaired) electrons. The van der Waals surface area contributed by atoms with E-state index < -0.39 is 0 Å². The molecule has 92 valence electrons. The van der Waals surface area contributed by atoms with Crippen LogP contribution in [0.1, 0.15) is 24.3 Å². The Morgan fingerprint density at radius 3 is 2.94 bits per heavy atom. The quantitative estimate of drug-likeness (QED) is 0.813. The highest BCUT2D eigenvalue weighted by Crippen LogP contribution is 2.46. The summed E-state index contributed by atoms with van der Waals surface area (Å²) in [6.45, 7) is 2.85. The van der Waals surface area contributed by atoms with Crippen molar-refractivity contribution in [3.63, 3.8) is 0 Å². The van der Waals surface area contributed by atoms with Crippen LogP contribution >= 0.6 is 11.6 Å². The summed E-state index contributed by atoms with van der Waals surface area (Å²) >= 11 is 5.97. The lowest BCUT2D eigenvalue weighted by molar-refractivity contribution is 0.323. The summed E-state index contributed by atoms with van der Waals surface area (Å²) < 4.78 is 5.67. The van der Waals surface area contributed by atoms with Crippen molar-refractivity contribution in [2.24, 2.45) is 5.41 Å². The van der Waals surface area contributed by atoms with E-state index in [0.29, 0.717) is 11.3 Å². The van der Waals surface area contributed by atoms with Crippen LogP contribution in [-0.4, -0.2) is 25.6 Å². The molecule has 1 N–H and O–H groups in total. The van der Waals surface area contributed by atoms with E-state index in [1.165, 1.54) is 18.4 Å². The van der Waals surface area contributed by atoms with Crippen molar-refractivity contribution in [2.75, 3.05) is 25.6 Å². The maximum atomic E-state index is 5.97. The van der Waals surface area contributed by atoms with Gasteiger partial charge in [-0.15, -0.1) is 11.6 Å². The van der Waals surface area contributed by atoms with Gasteiger partial charge < -0.3 is 10.1 Å². The normalized spacial score (nSPS) is 24.2. The van der Waals surface area contributed by atoms with Gasteiger partial charge in [-0.2, -0.15) is 0 Å². The van der Waals surface area contributed by atoms with Gasteiger partial charge in [-0.25, -0.2) is 0 Å². The SMILES string of the molecule is ClCC1(CNCC2COc3ccccc32)CC1. The summed E-state index contributed by atoms with van der Waals surface area (Å²) in [5.41, 5.74) is 1.75. The monoisotopic (exact) mass is 251 g/mol. The minimum atomic E-state index is 0.403. The molecule has 0 aromatic heterocycles. The largest absolute Gasteiger partial charge is 0.493 e. The molecule has 3 heteroatoms. The van der Waals surface area contributed by atoms with Crippen LogP contribution in [-0.2, 0) is 0 Å². The van der Waals surface area contributed by atoms with Crippen molar-refractivity contribution < 1.29 is 4.74 Å². The number of para-hydroxylation sites is 1. The summed E-state index contributed by atoms with van der Waals surface area (Å²) in [7, 11) is 0. The Kier molecular flexibility index (Phi) is 3.01. The number of alkyl halides is 1. The third-order valence-corrected chi connectivity index (χ3v) is 4.50. The lowest BCUT2D eigenvalue weighted by Crippen LogP contribution is -2.29. The first-order valence-electron chi connectivity index (χ1n) is 6.31. The fourth-order valence-electron chi connectivity index (χ4n) is 2.44. The van der Waals surface area contributed by atoms with Gasteiger partial charge in [-0.1, -0.05) is 18.2 Å². The van der Waals surface area contributed by atoms with E-state index in [4.69, 9.17) is 16.3 Å². The number of rotatable bonds is 5. The van der Waals surface area contributed by atoms with Crippen molar-refractivity contribution in [3.8, 4) is 5.75 Å². The van der Waals surface area contributed by atoms with Crippen LogP contribution in [0.5, 0.6) is 5.75 Å². The summed E-state index contributed by atoms with van der Waals surface area (Å²) in [5.74, 6) is 2.34. The number of benzene rings is 1. The first kappa shape index (κ1) is 11.4. The fourth-order valence-corrected chi connectivity index (χ4v) is 2.81. The molecule has 1 atom stereocenters. The van der Waals surface area contributed by atoms with Crippen molar-refractivity contribution in [3.05, 3.63) is 29.8 Å². The van der Waals surface area contributed by atoms with E-state index in [9.17, 15) is 0 Å². The number of hydrogen-bond acceptors (Lipinski definition) is 2. The molecule has 1 aromatic rings. The van der Waals surface area contributed by atoms with Gasteiger partial charge in [0.05, 0.1) is 6.61 Å². The molecule has 1 aliphatic heterocycles. The minimum Gasteiger partial charge on any atom is -0.493 e. The third-order valence-electron chi connectivity index (χ3n) is 3.93. The number of fused-ring (bicyclic) bond motifs is 1. The van der Waals surface area contributed by atoms with Crippen molar-refractivity contribution in [1.82, 2.24) is 5.32 Å². The van der Waals surface area contributed by atoms with Crippen LogP contribution in [0.15, 0.2) is 24.3 Å².